The molecule has 0 fully saturated rings. The van der Waals surface area contributed by atoms with Crippen LogP contribution in [0.4, 0.5) is 0 Å². The number of ether oxygens (including phenoxy) is 1. The highest BCUT2D eigenvalue weighted by Gasteiger charge is 2.21. The SMILES string of the molecule is CCOC(=O)c1sc2ncn(-n3c(C)ccc3C)c(=O)c2c1C. The lowest BCUT2D eigenvalue weighted by molar-refractivity contribution is 0.0531. The number of hydrogen-bond donors (Lipinski definition) is 0. The minimum absolute atomic E-state index is 0.193. The van der Waals surface area contributed by atoms with Crippen LogP contribution in [0.2, 0.25) is 0 Å². The predicted octanol–water partition coefficient (Wildman–Crippen LogP) is 2.67. The van der Waals surface area contributed by atoms with Gasteiger partial charge in [-0.15, -0.1) is 11.3 Å². The minimum atomic E-state index is -0.410. The third kappa shape index (κ3) is 2.37. The fourth-order valence-corrected chi connectivity index (χ4v) is 3.68. The van der Waals surface area contributed by atoms with Crippen LogP contribution in [0.15, 0.2) is 23.3 Å². The molecule has 3 aromatic heterocycles. The van der Waals surface area contributed by atoms with Crippen LogP contribution in [0.5, 0.6) is 0 Å². The summed E-state index contributed by atoms with van der Waals surface area (Å²) in [7, 11) is 0. The number of aryl methyl sites for hydroxylation is 3. The van der Waals surface area contributed by atoms with E-state index in [4.69, 9.17) is 4.74 Å². The third-order valence-corrected chi connectivity index (χ3v) is 4.92. The molecule has 0 N–H and O–H groups in total. The van der Waals surface area contributed by atoms with Crippen molar-refractivity contribution >= 4 is 27.5 Å². The summed E-state index contributed by atoms with van der Waals surface area (Å²) in [6.45, 7) is 7.66. The van der Waals surface area contributed by atoms with Crippen molar-refractivity contribution in [3.8, 4) is 0 Å². The van der Waals surface area contributed by atoms with Crippen molar-refractivity contribution in [2.45, 2.75) is 27.7 Å². The number of rotatable bonds is 3. The molecule has 0 bridgehead atoms. The van der Waals surface area contributed by atoms with E-state index in [0.717, 1.165) is 11.4 Å². The summed E-state index contributed by atoms with van der Waals surface area (Å²) in [5.41, 5.74) is 2.30. The van der Waals surface area contributed by atoms with Crippen molar-refractivity contribution in [2.24, 2.45) is 0 Å². The Balaban J connectivity index is 2.26. The van der Waals surface area contributed by atoms with Crippen molar-refractivity contribution in [1.29, 1.82) is 0 Å². The minimum Gasteiger partial charge on any atom is -0.462 e. The number of aromatic nitrogens is 3. The fourth-order valence-electron chi connectivity index (χ4n) is 2.65. The van der Waals surface area contributed by atoms with E-state index in [2.05, 4.69) is 4.98 Å². The molecule has 0 aliphatic rings. The van der Waals surface area contributed by atoms with Gasteiger partial charge in [-0.25, -0.2) is 14.5 Å². The molecule has 0 aliphatic heterocycles. The Bertz CT molecular complexity index is 946. The van der Waals surface area contributed by atoms with Crippen LogP contribution in [0, 0.1) is 20.8 Å². The van der Waals surface area contributed by atoms with Crippen LogP contribution in [-0.2, 0) is 4.74 Å². The van der Waals surface area contributed by atoms with Crippen LogP contribution in [0.3, 0.4) is 0 Å². The summed E-state index contributed by atoms with van der Waals surface area (Å²) in [5, 5.41) is 0.466. The number of thiophene rings is 1. The Kier molecular flexibility index (Phi) is 3.81. The van der Waals surface area contributed by atoms with E-state index < -0.39 is 5.97 Å². The van der Waals surface area contributed by atoms with E-state index in [0.29, 0.717) is 27.3 Å². The van der Waals surface area contributed by atoms with Crippen LogP contribution < -0.4 is 5.56 Å². The first-order valence-electron chi connectivity index (χ1n) is 7.29. The molecule has 3 aromatic rings. The van der Waals surface area contributed by atoms with Gasteiger partial charge in [0.25, 0.3) is 5.56 Å². The second-order valence-electron chi connectivity index (χ2n) is 5.28. The lowest BCUT2D eigenvalue weighted by Crippen LogP contribution is -2.27. The zero-order chi connectivity index (χ0) is 16.7. The molecule has 3 rings (SSSR count). The summed E-state index contributed by atoms with van der Waals surface area (Å²) in [6, 6.07) is 3.88. The Morgan fingerprint density at radius 3 is 2.52 bits per heavy atom. The lowest BCUT2D eigenvalue weighted by atomic mass is 10.2. The molecule has 0 amide bonds. The van der Waals surface area contributed by atoms with Crippen LogP contribution in [0.25, 0.3) is 10.2 Å². The van der Waals surface area contributed by atoms with Crippen LogP contribution >= 0.6 is 11.3 Å². The average Bonchev–Trinajstić information content (AvgIpc) is 3.02. The highest BCUT2D eigenvalue weighted by molar-refractivity contribution is 7.20. The molecule has 7 heteroatoms. The van der Waals surface area contributed by atoms with Gasteiger partial charge in [-0.3, -0.25) is 9.47 Å². The molecule has 0 unspecified atom stereocenters. The second-order valence-corrected chi connectivity index (χ2v) is 6.28. The Hall–Kier alpha value is -2.41. The monoisotopic (exact) mass is 331 g/mol. The number of nitrogens with zero attached hydrogens (tertiary/aromatic N) is 3. The van der Waals surface area contributed by atoms with Gasteiger partial charge in [-0.2, -0.15) is 0 Å². The molecule has 0 atom stereocenters. The normalized spacial score (nSPS) is 11.1. The van der Waals surface area contributed by atoms with Gasteiger partial charge in [0.15, 0.2) is 0 Å². The van der Waals surface area contributed by atoms with Gasteiger partial charge in [0.2, 0.25) is 0 Å². The molecule has 23 heavy (non-hydrogen) atoms. The van der Waals surface area contributed by atoms with Crippen LogP contribution in [-0.4, -0.2) is 26.9 Å². The fraction of sp³-hybridized carbons (Fsp3) is 0.312. The highest BCUT2D eigenvalue weighted by Crippen LogP contribution is 2.27. The summed E-state index contributed by atoms with van der Waals surface area (Å²) < 4.78 is 8.32. The van der Waals surface area contributed by atoms with E-state index in [1.165, 1.54) is 22.3 Å². The molecule has 0 saturated carbocycles. The molecule has 0 saturated heterocycles. The van der Waals surface area contributed by atoms with Crippen molar-refractivity contribution in [2.75, 3.05) is 6.61 Å². The first-order valence-corrected chi connectivity index (χ1v) is 8.10. The van der Waals surface area contributed by atoms with Gasteiger partial charge in [0, 0.05) is 11.4 Å². The van der Waals surface area contributed by atoms with Gasteiger partial charge in [-0.05, 0) is 45.4 Å². The Morgan fingerprint density at radius 1 is 1.26 bits per heavy atom. The first kappa shape index (κ1) is 15.5. The van der Waals surface area contributed by atoms with E-state index in [1.807, 2.05) is 26.0 Å². The smallest absolute Gasteiger partial charge is 0.348 e. The highest BCUT2D eigenvalue weighted by atomic mass is 32.1. The topological polar surface area (TPSA) is 66.1 Å². The van der Waals surface area contributed by atoms with E-state index >= 15 is 0 Å². The quantitative estimate of drug-likeness (QED) is 0.692. The molecule has 0 radical (unpaired) electrons. The zero-order valence-corrected chi connectivity index (χ0v) is 14.2. The van der Waals surface area contributed by atoms with Crippen molar-refractivity contribution in [3.05, 3.63) is 50.6 Å². The Morgan fingerprint density at radius 2 is 1.91 bits per heavy atom. The van der Waals surface area contributed by atoms with Gasteiger partial charge < -0.3 is 4.74 Å². The largest absolute Gasteiger partial charge is 0.462 e. The summed E-state index contributed by atoms with van der Waals surface area (Å²) in [4.78, 5) is 30.3. The Labute approximate surface area is 136 Å². The lowest BCUT2D eigenvalue weighted by Gasteiger charge is -2.11. The van der Waals surface area contributed by atoms with Crippen molar-refractivity contribution in [1.82, 2.24) is 14.3 Å². The molecular weight excluding hydrogens is 314 g/mol. The number of hydrogen-bond acceptors (Lipinski definition) is 5. The molecule has 6 nitrogen and oxygen atoms in total. The van der Waals surface area contributed by atoms with E-state index in [9.17, 15) is 9.59 Å². The molecule has 3 heterocycles. The van der Waals surface area contributed by atoms with Gasteiger partial charge >= 0.3 is 5.97 Å². The molecule has 0 aromatic carbocycles. The molecular formula is C16H17N3O3S. The predicted molar refractivity (Wildman–Crippen MR) is 89.3 cm³/mol. The van der Waals surface area contributed by atoms with E-state index in [1.54, 1.807) is 18.5 Å². The zero-order valence-electron chi connectivity index (χ0n) is 13.4. The maximum atomic E-state index is 12.9. The first-order chi connectivity index (χ1) is 11.0. The van der Waals surface area contributed by atoms with Crippen molar-refractivity contribution in [3.63, 3.8) is 0 Å². The van der Waals surface area contributed by atoms with Gasteiger partial charge in [0.1, 0.15) is 16.0 Å². The van der Waals surface area contributed by atoms with Crippen molar-refractivity contribution < 1.29 is 9.53 Å². The summed E-state index contributed by atoms with van der Waals surface area (Å²) in [6.07, 6.45) is 1.50. The maximum Gasteiger partial charge on any atom is 0.348 e. The number of carbonyl (C=O) groups is 1. The molecule has 0 spiro atoms. The second kappa shape index (κ2) is 5.66. The van der Waals surface area contributed by atoms with E-state index in [-0.39, 0.29) is 5.56 Å². The average molecular weight is 331 g/mol. The van der Waals surface area contributed by atoms with Gasteiger partial charge in [0.05, 0.1) is 12.0 Å². The molecule has 120 valence electrons. The number of carbonyl (C=O) groups excluding carboxylic acids is 1. The summed E-state index contributed by atoms with van der Waals surface area (Å²) in [5.74, 6) is -0.410. The molecule has 0 aliphatic carbocycles. The third-order valence-electron chi connectivity index (χ3n) is 3.74. The maximum absolute atomic E-state index is 12.9. The number of fused-ring (bicyclic) bond motifs is 1. The van der Waals surface area contributed by atoms with Crippen LogP contribution in [0.1, 0.15) is 33.5 Å². The number of esters is 1. The van der Waals surface area contributed by atoms with Gasteiger partial charge in [-0.1, -0.05) is 0 Å². The standard InChI is InChI=1S/C16H17N3O3S/c1-5-22-16(21)13-11(4)12-14(23-13)17-8-18(15(12)20)19-9(2)6-7-10(19)3/h6-8H,5H2,1-4H3. The summed E-state index contributed by atoms with van der Waals surface area (Å²) >= 11 is 1.19.